The van der Waals surface area contributed by atoms with Crippen LogP contribution in [0.15, 0.2) is 24.3 Å². The Morgan fingerprint density at radius 1 is 1.32 bits per heavy atom. The lowest BCUT2D eigenvalue weighted by Crippen LogP contribution is -2.36. The van der Waals surface area contributed by atoms with E-state index in [0.717, 1.165) is 12.6 Å². The van der Waals surface area contributed by atoms with Gasteiger partial charge in [0.2, 0.25) is 0 Å². The predicted molar refractivity (Wildman–Crippen MR) is 67.1 cm³/mol. The summed E-state index contributed by atoms with van der Waals surface area (Å²) >= 11 is 0. The molecule has 0 radical (unpaired) electrons. The van der Waals surface area contributed by atoms with Gasteiger partial charge in [0, 0.05) is 12.6 Å². The van der Waals surface area contributed by atoms with Gasteiger partial charge < -0.3 is 10.2 Å². The number of nitrogens with zero attached hydrogens (tertiary/aromatic N) is 1. The molecular weight excluding hydrogens is 257 g/mol. The van der Waals surface area contributed by atoms with E-state index in [2.05, 4.69) is 5.32 Å². The predicted octanol–water partition coefficient (Wildman–Crippen LogP) is 2.08. The maximum Gasteiger partial charge on any atom is 0.406 e. The molecule has 106 valence electrons. The molecule has 6 heteroatoms. The minimum Gasteiger partial charge on any atom is -0.333 e. The number of nitrogens with one attached hydrogen (secondary N) is 1. The van der Waals surface area contributed by atoms with Gasteiger partial charge in [0.05, 0.1) is 0 Å². The third-order valence-electron chi connectivity index (χ3n) is 2.66. The Morgan fingerprint density at radius 3 is 2.53 bits per heavy atom. The first-order valence-electron chi connectivity index (χ1n) is 5.90. The molecule has 1 aromatic rings. The highest BCUT2D eigenvalue weighted by molar-refractivity contribution is 5.95. The summed E-state index contributed by atoms with van der Waals surface area (Å²) in [5, 5.41) is 2.94. The second-order valence-electron chi connectivity index (χ2n) is 4.29. The van der Waals surface area contributed by atoms with Crippen molar-refractivity contribution in [3.05, 3.63) is 35.4 Å². The van der Waals surface area contributed by atoms with Gasteiger partial charge in [-0.05, 0) is 31.6 Å². The number of hydrogen-bond donors (Lipinski definition) is 1. The lowest BCUT2D eigenvalue weighted by atomic mass is 10.0. The Kier molecular flexibility index (Phi) is 5.35. The molecule has 0 saturated carbocycles. The van der Waals surface area contributed by atoms with Crippen LogP contribution >= 0.6 is 0 Å². The average Bonchev–Trinajstić information content (AvgIpc) is 2.33. The summed E-state index contributed by atoms with van der Waals surface area (Å²) in [7, 11) is 2.94. The molecule has 1 N–H and O–H groups in total. The molecule has 0 saturated heterocycles. The number of halogens is 3. The molecule has 19 heavy (non-hydrogen) atoms. The minimum absolute atomic E-state index is 0.324. The molecular formula is C13H17F3N2O. The lowest BCUT2D eigenvalue weighted by Gasteiger charge is -2.20. The van der Waals surface area contributed by atoms with Crippen molar-refractivity contribution in [3.8, 4) is 0 Å². The molecule has 0 aliphatic heterocycles. The highest BCUT2D eigenvalue weighted by atomic mass is 19.4. The molecule has 0 spiro atoms. The molecule has 0 bridgehead atoms. The Bertz CT molecular complexity index is 432. The van der Waals surface area contributed by atoms with Gasteiger partial charge in [0.25, 0.3) is 5.91 Å². The maximum absolute atomic E-state index is 12.3. The summed E-state index contributed by atoms with van der Waals surface area (Å²) in [6, 6.07) is 6.73. The summed E-state index contributed by atoms with van der Waals surface area (Å²) in [6.45, 7) is -0.584. The van der Waals surface area contributed by atoms with Crippen molar-refractivity contribution in [2.24, 2.45) is 0 Å². The van der Waals surface area contributed by atoms with E-state index in [0.29, 0.717) is 23.4 Å². The molecule has 0 aliphatic rings. The molecule has 0 heterocycles. The number of likely N-dealkylation sites (N-methyl/N-ethyl adjacent to an activating group) is 1. The molecule has 0 aromatic heterocycles. The first kappa shape index (κ1) is 15.5. The zero-order valence-corrected chi connectivity index (χ0v) is 10.9. The Balaban J connectivity index is 2.86. The number of carbonyl (C=O) groups excluding carboxylic acids is 1. The molecule has 1 rings (SSSR count). The fourth-order valence-electron chi connectivity index (χ4n) is 1.75. The van der Waals surface area contributed by atoms with Crippen LogP contribution in [0.25, 0.3) is 0 Å². The van der Waals surface area contributed by atoms with E-state index in [1.165, 1.54) is 0 Å². The first-order chi connectivity index (χ1) is 8.85. The van der Waals surface area contributed by atoms with Crippen LogP contribution in [0.5, 0.6) is 0 Å². The second-order valence-corrected chi connectivity index (χ2v) is 4.29. The Morgan fingerprint density at radius 2 is 1.95 bits per heavy atom. The van der Waals surface area contributed by atoms with Crippen molar-refractivity contribution in [1.82, 2.24) is 10.2 Å². The molecule has 3 nitrogen and oxygen atoms in total. The van der Waals surface area contributed by atoms with Gasteiger partial charge in [-0.3, -0.25) is 4.79 Å². The van der Waals surface area contributed by atoms with Gasteiger partial charge in [-0.15, -0.1) is 0 Å². The number of hydrogen-bond acceptors (Lipinski definition) is 2. The second kappa shape index (κ2) is 6.56. The van der Waals surface area contributed by atoms with Gasteiger partial charge >= 0.3 is 6.18 Å². The zero-order chi connectivity index (χ0) is 14.5. The average molecular weight is 274 g/mol. The van der Waals surface area contributed by atoms with Crippen LogP contribution in [0.1, 0.15) is 15.9 Å². The summed E-state index contributed by atoms with van der Waals surface area (Å²) < 4.78 is 36.8. The van der Waals surface area contributed by atoms with Gasteiger partial charge in [-0.25, -0.2) is 0 Å². The van der Waals surface area contributed by atoms with E-state index in [9.17, 15) is 18.0 Å². The van der Waals surface area contributed by atoms with E-state index in [1.54, 1.807) is 31.3 Å². The van der Waals surface area contributed by atoms with Crippen LogP contribution in [0.4, 0.5) is 13.2 Å². The molecule has 0 fully saturated rings. The Labute approximate surface area is 110 Å². The van der Waals surface area contributed by atoms with Crippen molar-refractivity contribution < 1.29 is 18.0 Å². The molecule has 0 atom stereocenters. The smallest absolute Gasteiger partial charge is 0.333 e. The van der Waals surface area contributed by atoms with Crippen molar-refractivity contribution in [2.75, 3.05) is 27.2 Å². The largest absolute Gasteiger partial charge is 0.406 e. The van der Waals surface area contributed by atoms with Crippen LogP contribution in [-0.2, 0) is 6.42 Å². The number of alkyl halides is 3. The van der Waals surface area contributed by atoms with E-state index in [-0.39, 0.29) is 0 Å². The fraction of sp³-hybridized carbons (Fsp3) is 0.462. The summed E-state index contributed by atoms with van der Waals surface area (Å²) in [4.78, 5) is 12.7. The van der Waals surface area contributed by atoms with Crippen molar-refractivity contribution in [1.29, 1.82) is 0 Å². The SMILES string of the molecule is CNCCc1ccccc1C(=O)N(C)CC(F)(F)F. The van der Waals surface area contributed by atoms with E-state index in [1.807, 2.05) is 0 Å². The Hall–Kier alpha value is -1.56. The monoisotopic (exact) mass is 274 g/mol. The van der Waals surface area contributed by atoms with E-state index >= 15 is 0 Å². The summed E-state index contributed by atoms with van der Waals surface area (Å²) in [5.74, 6) is -0.607. The van der Waals surface area contributed by atoms with Crippen LogP contribution < -0.4 is 5.32 Å². The number of benzene rings is 1. The van der Waals surface area contributed by atoms with Gasteiger partial charge in [-0.2, -0.15) is 13.2 Å². The topological polar surface area (TPSA) is 32.3 Å². The fourth-order valence-corrected chi connectivity index (χ4v) is 1.75. The van der Waals surface area contributed by atoms with E-state index < -0.39 is 18.6 Å². The third-order valence-corrected chi connectivity index (χ3v) is 2.66. The molecule has 1 aromatic carbocycles. The lowest BCUT2D eigenvalue weighted by molar-refractivity contribution is -0.138. The zero-order valence-electron chi connectivity index (χ0n) is 10.9. The van der Waals surface area contributed by atoms with Crippen LogP contribution in [0, 0.1) is 0 Å². The maximum atomic E-state index is 12.3. The third kappa shape index (κ3) is 4.90. The standard InChI is InChI=1S/C13H17F3N2O/c1-17-8-7-10-5-3-4-6-11(10)12(19)18(2)9-13(14,15)16/h3-6,17H,7-9H2,1-2H3. The van der Waals surface area contributed by atoms with Crippen molar-refractivity contribution in [2.45, 2.75) is 12.6 Å². The molecule has 0 unspecified atom stereocenters. The minimum atomic E-state index is -4.38. The van der Waals surface area contributed by atoms with Crippen molar-refractivity contribution >= 4 is 5.91 Å². The molecule has 1 amide bonds. The van der Waals surface area contributed by atoms with Crippen LogP contribution in [0.3, 0.4) is 0 Å². The number of rotatable bonds is 5. The number of carbonyl (C=O) groups is 1. The van der Waals surface area contributed by atoms with Crippen molar-refractivity contribution in [3.63, 3.8) is 0 Å². The van der Waals surface area contributed by atoms with Crippen LogP contribution in [0.2, 0.25) is 0 Å². The first-order valence-corrected chi connectivity index (χ1v) is 5.90. The highest BCUT2D eigenvalue weighted by Crippen LogP contribution is 2.18. The quantitative estimate of drug-likeness (QED) is 0.891. The van der Waals surface area contributed by atoms with Gasteiger partial charge in [-0.1, -0.05) is 18.2 Å². The highest BCUT2D eigenvalue weighted by Gasteiger charge is 2.31. The van der Waals surface area contributed by atoms with Gasteiger partial charge in [0.15, 0.2) is 0 Å². The summed E-state index contributed by atoms with van der Waals surface area (Å²) in [6.07, 6.45) is -3.79. The normalized spacial score (nSPS) is 11.4. The molecule has 0 aliphatic carbocycles. The van der Waals surface area contributed by atoms with Crippen LogP contribution in [-0.4, -0.2) is 44.2 Å². The van der Waals surface area contributed by atoms with Gasteiger partial charge in [0.1, 0.15) is 6.54 Å². The van der Waals surface area contributed by atoms with E-state index in [4.69, 9.17) is 0 Å². The summed E-state index contributed by atoms with van der Waals surface area (Å²) in [5.41, 5.74) is 1.07. The number of amides is 1.